The van der Waals surface area contributed by atoms with Crippen molar-refractivity contribution < 1.29 is 9.59 Å². The maximum Gasteiger partial charge on any atom is 0.242 e. The number of aryl methyl sites for hydroxylation is 1. The molecule has 1 unspecified atom stereocenters. The number of thioether (sulfide) groups is 2. The first-order chi connectivity index (χ1) is 10.6. The van der Waals surface area contributed by atoms with E-state index in [-0.39, 0.29) is 11.8 Å². The molecule has 6 heteroatoms. The minimum atomic E-state index is -0.461. The lowest BCUT2D eigenvalue weighted by Gasteiger charge is -2.18. The first-order valence-electron chi connectivity index (χ1n) is 7.17. The molecule has 0 aliphatic carbocycles. The van der Waals surface area contributed by atoms with Gasteiger partial charge in [-0.1, -0.05) is 29.8 Å². The molecule has 0 aromatic heterocycles. The summed E-state index contributed by atoms with van der Waals surface area (Å²) >= 11 is 3.12. The molecule has 22 heavy (non-hydrogen) atoms. The molecule has 0 bridgehead atoms. The Balaban J connectivity index is 2.54. The first kappa shape index (κ1) is 18.9. The van der Waals surface area contributed by atoms with E-state index in [1.54, 1.807) is 11.8 Å². The summed E-state index contributed by atoms with van der Waals surface area (Å²) in [7, 11) is 0. The van der Waals surface area contributed by atoms with Gasteiger partial charge in [0, 0.05) is 6.54 Å². The van der Waals surface area contributed by atoms with E-state index in [0.717, 1.165) is 11.3 Å². The molecule has 2 amide bonds. The number of amides is 2. The molecular formula is C16H24N2O2S2. The summed E-state index contributed by atoms with van der Waals surface area (Å²) in [5.41, 5.74) is 2.25. The molecule has 0 saturated carbocycles. The van der Waals surface area contributed by atoms with Crippen LogP contribution in [0.25, 0.3) is 0 Å². The van der Waals surface area contributed by atoms with Crippen LogP contribution in [0.4, 0.5) is 0 Å². The third kappa shape index (κ3) is 7.22. The van der Waals surface area contributed by atoms with Gasteiger partial charge >= 0.3 is 0 Å². The first-order valence-corrected chi connectivity index (χ1v) is 9.96. The van der Waals surface area contributed by atoms with Crippen LogP contribution < -0.4 is 10.6 Å². The molecular weight excluding hydrogens is 316 g/mol. The van der Waals surface area contributed by atoms with Crippen molar-refractivity contribution in [2.24, 2.45) is 0 Å². The summed E-state index contributed by atoms with van der Waals surface area (Å²) in [6.07, 6.45) is 4.50. The lowest BCUT2D eigenvalue weighted by molar-refractivity contribution is -0.128. The average molecular weight is 341 g/mol. The second-order valence-electron chi connectivity index (χ2n) is 5.04. The third-order valence-corrected chi connectivity index (χ3v) is 4.32. The van der Waals surface area contributed by atoms with Gasteiger partial charge in [0.2, 0.25) is 11.8 Å². The molecule has 1 atom stereocenters. The maximum atomic E-state index is 12.3. The van der Waals surface area contributed by atoms with E-state index in [0.29, 0.717) is 18.7 Å². The van der Waals surface area contributed by atoms with Crippen molar-refractivity contribution in [3.8, 4) is 0 Å². The van der Waals surface area contributed by atoms with Gasteiger partial charge in [0.1, 0.15) is 6.04 Å². The molecule has 0 fully saturated rings. The zero-order valence-electron chi connectivity index (χ0n) is 13.3. The van der Waals surface area contributed by atoms with Crippen LogP contribution in [0.5, 0.6) is 0 Å². The van der Waals surface area contributed by atoms with E-state index in [9.17, 15) is 9.59 Å². The van der Waals surface area contributed by atoms with E-state index < -0.39 is 6.04 Å². The van der Waals surface area contributed by atoms with Crippen LogP contribution in [0.3, 0.4) is 0 Å². The summed E-state index contributed by atoms with van der Waals surface area (Å²) < 4.78 is 0. The highest BCUT2D eigenvalue weighted by Crippen LogP contribution is 2.05. The smallest absolute Gasteiger partial charge is 0.242 e. The quantitative estimate of drug-likeness (QED) is 0.724. The van der Waals surface area contributed by atoms with Crippen molar-refractivity contribution in [3.63, 3.8) is 0 Å². The number of hydrogen-bond acceptors (Lipinski definition) is 4. The van der Waals surface area contributed by atoms with Crippen molar-refractivity contribution in [3.05, 3.63) is 35.4 Å². The molecule has 0 saturated heterocycles. The van der Waals surface area contributed by atoms with Crippen molar-refractivity contribution >= 4 is 35.3 Å². The third-order valence-electron chi connectivity index (χ3n) is 3.13. The Morgan fingerprint density at radius 3 is 2.41 bits per heavy atom. The van der Waals surface area contributed by atoms with E-state index in [1.807, 2.05) is 43.7 Å². The minimum Gasteiger partial charge on any atom is -0.350 e. The van der Waals surface area contributed by atoms with Crippen LogP contribution in [0, 0.1) is 6.92 Å². The monoisotopic (exact) mass is 340 g/mol. The van der Waals surface area contributed by atoms with Crippen molar-refractivity contribution in [2.75, 3.05) is 24.0 Å². The summed E-state index contributed by atoms with van der Waals surface area (Å²) in [5.74, 6) is 0.997. The number of rotatable bonds is 9. The zero-order chi connectivity index (χ0) is 16.4. The Labute approximate surface area is 141 Å². The van der Waals surface area contributed by atoms with Gasteiger partial charge in [0.05, 0.1) is 5.75 Å². The fraction of sp³-hybridized carbons (Fsp3) is 0.500. The van der Waals surface area contributed by atoms with E-state index >= 15 is 0 Å². The van der Waals surface area contributed by atoms with Crippen LogP contribution in [-0.4, -0.2) is 41.9 Å². The van der Waals surface area contributed by atoms with Gasteiger partial charge in [0.25, 0.3) is 0 Å². The lowest BCUT2D eigenvalue weighted by atomic mass is 10.1. The predicted octanol–water partition coefficient (Wildman–Crippen LogP) is 2.21. The Hall–Kier alpha value is -1.14. The summed E-state index contributed by atoms with van der Waals surface area (Å²) in [6, 6.07) is 7.58. The zero-order valence-corrected chi connectivity index (χ0v) is 15.0. The van der Waals surface area contributed by atoms with Crippen LogP contribution in [-0.2, 0) is 16.1 Å². The van der Waals surface area contributed by atoms with Gasteiger partial charge in [0.15, 0.2) is 0 Å². The Bertz CT molecular complexity index is 478. The summed E-state index contributed by atoms with van der Waals surface area (Å²) in [6.45, 7) is 2.51. The molecule has 1 rings (SSSR count). The summed E-state index contributed by atoms with van der Waals surface area (Å²) in [4.78, 5) is 24.0. The Kier molecular flexibility index (Phi) is 9.08. The largest absolute Gasteiger partial charge is 0.350 e. The maximum absolute atomic E-state index is 12.3. The summed E-state index contributed by atoms with van der Waals surface area (Å²) in [5, 5.41) is 5.72. The van der Waals surface area contributed by atoms with E-state index in [4.69, 9.17) is 0 Å². The number of carbonyl (C=O) groups is 2. The van der Waals surface area contributed by atoms with E-state index in [1.165, 1.54) is 17.3 Å². The molecule has 0 aliphatic heterocycles. The van der Waals surface area contributed by atoms with Crippen LogP contribution >= 0.6 is 23.5 Å². The van der Waals surface area contributed by atoms with Crippen molar-refractivity contribution in [1.29, 1.82) is 0 Å². The minimum absolute atomic E-state index is 0.0934. The second kappa shape index (κ2) is 10.6. The van der Waals surface area contributed by atoms with Gasteiger partial charge in [-0.05, 0) is 37.2 Å². The topological polar surface area (TPSA) is 58.2 Å². The average Bonchev–Trinajstić information content (AvgIpc) is 2.50. The molecule has 0 heterocycles. The number of carbonyl (C=O) groups excluding carboxylic acids is 2. The van der Waals surface area contributed by atoms with Crippen molar-refractivity contribution in [2.45, 2.75) is 25.9 Å². The predicted molar refractivity (Wildman–Crippen MR) is 96.3 cm³/mol. The SMILES string of the molecule is CSCCC(NC(=O)CSC)C(=O)NCc1ccc(C)cc1. The van der Waals surface area contributed by atoms with Gasteiger partial charge < -0.3 is 10.6 Å². The fourth-order valence-electron chi connectivity index (χ4n) is 1.89. The van der Waals surface area contributed by atoms with Crippen molar-refractivity contribution in [1.82, 2.24) is 10.6 Å². The molecule has 0 aliphatic rings. The van der Waals surface area contributed by atoms with Crippen LogP contribution in [0.15, 0.2) is 24.3 Å². The normalized spacial score (nSPS) is 11.8. The molecule has 2 N–H and O–H groups in total. The van der Waals surface area contributed by atoms with Gasteiger partial charge in [-0.25, -0.2) is 0 Å². The van der Waals surface area contributed by atoms with Gasteiger partial charge in [-0.15, -0.1) is 0 Å². The number of nitrogens with one attached hydrogen (secondary N) is 2. The lowest BCUT2D eigenvalue weighted by Crippen LogP contribution is -2.47. The second-order valence-corrected chi connectivity index (χ2v) is 6.89. The van der Waals surface area contributed by atoms with Gasteiger partial charge in [-0.3, -0.25) is 9.59 Å². The number of benzene rings is 1. The molecule has 4 nitrogen and oxygen atoms in total. The highest BCUT2D eigenvalue weighted by molar-refractivity contribution is 7.99. The Morgan fingerprint density at radius 1 is 1.14 bits per heavy atom. The molecule has 0 radical (unpaired) electrons. The molecule has 1 aromatic carbocycles. The van der Waals surface area contributed by atoms with Gasteiger partial charge in [-0.2, -0.15) is 23.5 Å². The fourth-order valence-corrected chi connectivity index (χ4v) is 2.71. The van der Waals surface area contributed by atoms with Crippen LogP contribution in [0.2, 0.25) is 0 Å². The van der Waals surface area contributed by atoms with E-state index in [2.05, 4.69) is 10.6 Å². The Morgan fingerprint density at radius 2 is 1.82 bits per heavy atom. The molecule has 1 aromatic rings. The standard InChI is InChI=1S/C16H24N2O2S2/c1-12-4-6-13(7-5-12)10-17-16(20)14(8-9-21-2)18-15(19)11-22-3/h4-7,14H,8-11H2,1-3H3,(H,17,20)(H,18,19). The molecule has 122 valence electrons. The number of hydrogen-bond donors (Lipinski definition) is 2. The highest BCUT2D eigenvalue weighted by Gasteiger charge is 2.19. The highest BCUT2D eigenvalue weighted by atomic mass is 32.2. The van der Waals surface area contributed by atoms with Crippen LogP contribution in [0.1, 0.15) is 17.5 Å². The molecule has 0 spiro atoms.